The lowest BCUT2D eigenvalue weighted by Gasteiger charge is -2.34. The molecular weight excluding hydrogens is 1070 g/mol. The van der Waals surface area contributed by atoms with E-state index in [0.29, 0.717) is 0 Å². The van der Waals surface area contributed by atoms with Crippen LogP contribution in [-0.2, 0) is 5.41 Å². The van der Waals surface area contributed by atoms with E-state index in [1.807, 2.05) is 0 Å². The highest BCUT2D eigenvalue weighted by molar-refractivity contribution is 6.23. The van der Waals surface area contributed by atoms with Crippen molar-refractivity contribution in [2.45, 2.75) is 5.41 Å². The van der Waals surface area contributed by atoms with E-state index in [9.17, 15) is 0 Å². The Bertz CT molecular complexity index is 5000. The van der Waals surface area contributed by atoms with Crippen molar-refractivity contribution in [1.82, 2.24) is 0 Å². The molecule has 0 spiro atoms. The summed E-state index contributed by atoms with van der Waals surface area (Å²) < 4.78 is 0. The van der Waals surface area contributed by atoms with Crippen LogP contribution in [0.25, 0.3) is 143 Å². The van der Waals surface area contributed by atoms with Gasteiger partial charge in [0.1, 0.15) is 0 Å². The Morgan fingerprint density at radius 3 is 0.685 bits per heavy atom. The molecule has 17 rings (SSSR count). The van der Waals surface area contributed by atoms with Crippen molar-refractivity contribution in [3.05, 3.63) is 374 Å². The van der Waals surface area contributed by atoms with Gasteiger partial charge in [0.25, 0.3) is 0 Å². The zero-order chi connectivity index (χ0) is 58.8. The Morgan fingerprint density at radius 1 is 0.146 bits per heavy atom. The van der Waals surface area contributed by atoms with Crippen molar-refractivity contribution in [3.8, 4) is 100 Å². The topological polar surface area (TPSA) is 0 Å². The van der Waals surface area contributed by atoms with Crippen LogP contribution in [0.4, 0.5) is 0 Å². The molecule has 0 saturated carbocycles. The minimum Gasteiger partial charge on any atom is -0.0622 e. The maximum absolute atomic E-state index is 2.41. The minimum absolute atomic E-state index is 0.529. The molecule has 1 aliphatic rings. The fourth-order valence-electron chi connectivity index (χ4n) is 14.9. The largest absolute Gasteiger partial charge is 0.0713 e. The SMILES string of the molecule is c1ccc(-c2c3ccccc3c(-c3ccccc3)c3cc(-c4ccc(-c5ccc(C6(c7ccc(-c8ccc(-c9ccc%10c(-c%11ccccc%11)c%11ccccc%11c(-c%11ccccc%11)c%10c9)cc8)cc7)c7ccccc7-c7ccccc76)cc5)cc4)ccc23)cc1. The highest BCUT2D eigenvalue weighted by Gasteiger charge is 2.46. The third-order valence-corrected chi connectivity index (χ3v) is 19.0. The number of rotatable bonds is 10. The standard InChI is InChI=1S/C89H58/c1-5-21-65(22-6-1)85-75-31-13-15-33-77(75)87(67-25-9-3-10-26-67)81-57-69(49-55-79(81)85)63-41-37-59(38-42-63)61-45-51-71(52-46-61)89(83-35-19-17-29-73(83)74-30-18-20-36-84(74)89)72-53-47-62(48-54-72)60-39-43-64(44-40-60)70-50-56-80-82(58-70)88(68-27-11-4-12-28-68)78-34-16-14-32-76(78)86(80)66-23-7-2-8-24-66/h1-58H. The minimum atomic E-state index is -0.529. The fourth-order valence-corrected chi connectivity index (χ4v) is 14.9. The fraction of sp³-hybridized carbons (Fsp3) is 0.0112. The van der Waals surface area contributed by atoms with Crippen LogP contribution in [0, 0.1) is 0 Å². The first-order chi connectivity index (χ1) is 44.2. The smallest absolute Gasteiger partial charge is 0.0622 e. The quantitative estimate of drug-likeness (QED) is 0.120. The van der Waals surface area contributed by atoms with Crippen LogP contribution in [0.2, 0.25) is 0 Å². The lowest BCUT2D eigenvalue weighted by molar-refractivity contribution is 0.769. The second-order valence-corrected chi connectivity index (χ2v) is 23.7. The number of benzene rings is 16. The molecule has 0 nitrogen and oxygen atoms in total. The summed E-state index contributed by atoms with van der Waals surface area (Å²) in [7, 11) is 0. The number of hydrogen-bond acceptors (Lipinski definition) is 0. The van der Waals surface area contributed by atoms with Gasteiger partial charge in [0, 0.05) is 0 Å². The zero-order valence-electron chi connectivity index (χ0n) is 49.0. The summed E-state index contributed by atoms with van der Waals surface area (Å²) in [6.07, 6.45) is 0. The molecule has 0 amide bonds. The van der Waals surface area contributed by atoms with Gasteiger partial charge >= 0.3 is 0 Å². The Morgan fingerprint density at radius 2 is 0.371 bits per heavy atom. The van der Waals surface area contributed by atoms with Crippen LogP contribution in [0.5, 0.6) is 0 Å². The summed E-state index contributed by atoms with van der Waals surface area (Å²) >= 11 is 0. The normalized spacial score (nSPS) is 12.4. The van der Waals surface area contributed by atoms with Gasteiger partial charge < -0.3 is 0 Å². The third-order valence-electron chi connectivity index (χ3n) is 19.0. The molecule has 0 radical (unpaired) electrons. The molecule has 16 aromatic carbocycles. The predicted octanol–water partition coefficient (Wildman–Crippen LogP) is 24.0. The average Bonchev–Trinajstić information content (AvgIpc) is 1.68. The van der Waals surface area contributed by atoms with Crippen molar-refractivity contribution in [1.29, 1.82) is 0 Å². The van der Waals surface area contributed by atoms with Crippen molar-refractivity contribution in [2.75, 3.05) is 0 Å². The van der Waals surface area contributed by atoms with Crippen LogP contribution in [0.3, 0.4) is 0 Å². The maximum Gasteiger partial charge on any atom is 0.0713 e. The van der Waals surface area contributed by atoms with Crippen LogP contribution in [-0.4, -0.2) is 0 Å². The summed E-state index contributed by atoms with van der Waals surface area (Å²) in [5, 5.41) is 10.1. The lowest BCUT2D eigenvalue weighted by atomic mass is 9.67. The summed E-state index contributed by atoms with van der Waals surface area (Å²) in [5.41, 5.74) is 26.6. The van der Waals surface area contributed by atoms with Crippen LogP contribution in [0.1, 0.15) is 22.3 Å². The van der Waals surface area contributed by atoms with Crippen LogP contribution in [0.15, 0.2) is 352 Å². The van der Waals surface area contributed by atoms with E-state index in [4.69, 9.17) is 0 Å². The monoisotopic (exact) mass is 1130 g/mol. The summed E-state index contributed by atoms with van der Waals surface area (Å²) in [5.74, 6) is 0. The van der Waals surface area contributed by atoms with E-state index >= 15 is 0 Å². The molecule has 0 aromatic heterocycles. The molecule has 16 aromatic rings. The van der Waals surface area contributed by atoms with Gasteiger partial charge in [-0.2, -0.15) is 0 Å². The second-order valence-electron chi connectivity index (χ2n) is 23.7. The maximum atomic E-state index is 2.41. The molecule has 0 fully saturated rings. The Kier molecular flexibility index (Phi) is 12.6. The van der Waals surface area contributed by atoms with E-state index in [1.54, 1.807) is 0 Å². The molecular formula is C89H58. The molecule has 0 bridgehead atoms. The predicted molar refractivity (Wildman–Crippen MR) is 377 cm³/mol. The molecule has 0 heterocycles. The van der Waals surface area contributed by atoms with E-state index in [2.05, 4.69) is 352 Å². The molecule has 0 N–H and O–H groups in total. The van der Waals surface area contributed by atoms with Crippen molar-refractivity contribution in [2.24, 2.45) is 0 Å². The Labute approximate surface area is 519 Å². The number of hydrogen-bond donors (Lipinski definition) is 0. The van der Waals surface area contributed by atoms with Crippen molar-refractivity contribution in [3.63, 3.8) is 0 Å². The third kappa shape index (κ3) is 8.59. The Balaban J connectivity index is 0.711. The van der Waals surface area contributed by atoms with E-state index in [-0.39, 0.29) is 0 Å². The second kappa shape index (κ2) is 21.5. The number of fused-ring (bicyclic) bond motifs is 7. The van der Waals surface area contributed by atoms with Gasteiger partial charge in [-0.05, 0) is 178 Å². The first kappa shape index (κ1) is 51.9. The molecule has 1 aliphatic carbocycles. The summed E-state index contributed by atoms with van der Waals surface area (Å²) in [6, 6.07) is 131. The summed E-state index contributed by atoms with van der Waals surface area (Å²) in [4.78, 5) is 0. The van der Waals surface area contributed by atoms with Crippen molar-refractivity contribution >= 4 is 43.1 Å². The average molecular weight is 1130 g/mol. The van der Waals surface area contributed by atoms with E-state index in [0.717, 1.165) is 0 Å². The molecule has 0 saturated heterocycles. The van der Waals surface area contributed by atoms with Crippen LogP contribution < -0.4 is 0 Å². The van der Waals surface area contributed by atoms with Gasteiger partial charge in [0.05, 0.1) is 5.41 Å². The molecule has 414 valence electrons. The highest BCUT2D eigenvalue weighted by atomic mass is 14.5. The van der Waals surface area contributed by atoms with Crippen molar-refractivity contribution < 1.29 is 0 Å². The van der Waals surface area contributed by atoms with E-state index < -0.39 is 5.41 Å². The molecule has 89 heavy (non-hydrogen) atoms. The first-order valence-corrected chi connectivity index (χ1v) is 31.0. The van der Waals surface area contributed by atoms with Crippen LogP contribution >= 0.6 is 0 Å². The summed E-state index contributed by atoms with van der Waals surface area (Å²) in [6.45, 7) is 0. The first-order valence-electron chi connectivity index (χ1n) is 31.0. The Hall–Kier alpha value is -11.4. The van der Waals surface area contributed by atoms with Gasteiger partial charge in [-0.25, -0.2) is 0 Å². The van der Waals surface area contributed by atoms with Gasteiger partial charge in [-0.1, -0.05) is 340 Å². The molecule has 0 atom stereocenters. The van der Waals surface area contributed by atoms with Gasteiger partial charge in [0.15, 0.2) is 0 Å². The molecule has 0 unspecified atom stereocenters. The van der Waals surface area contributed by atoms with E-state index in [1.165, 1.54) is 165 Å². The zero-order valence-corrected chi connectivity index (χ0v) is 49.0. The molecule has 0 heteroatoms. The van der Waals surface area contributed by atoms with Gasteiger partial charge in [-0.15, -0.1) is 0 Å². The lowest BCUT2D eigenvalue weighted by Crippen LogP contribution is -2.28. The van der Waals surface area contributed by atoms with Gasteiger partial charge in [-0.3, -0.25) is 0 Å². The van der Waals surface area contributed by atoms with Gasteiger partial charge in [0.2, 0.25) is 0 Å². The molecule has 0 aliphatic heterocycles. The highest BCUT2D eigenvalue weighted by Crippen LogP contribution is 2.57.